The quantitative estimate of drug-likeness (QED) is 0.148. The smallest absolute Gasteiger partial charge is 0.317 e. The normalized spacial score (nSPS) is 21.5. The Balaban J connectivity index is 1.74. The summed E-state index contributed by atoms with van der Waals surface area (Å²) in [5.41, 5.74) is 6.80. The van der Waals surface area contributed by atoms with Crippen molar-refractivity contribution in [1.29, 1.82) is 5.41 Å². The number of amides is 2. The van der Waals surface area contributed by atoms with Gasteiger partial charge in [-0.1, -0.05) is 50.3 Å². The number of carbonyl (C=O) groups excluding carboxylic acids is 1. The molecule has 3 atom stereocenters. The molecule has 1 heterocycles. The largest absolute Gasteiger partial charge is 0.398 e. The lowest BCUT2D eigenvalue weighted by Gasteiger charge is -2.43. The number of rotatable bonds is 12. The van der Waals surface area contributed by atoms with Gasteiger partial charge in [-0.2, -0.15) is 0 Å². The van der Waals surface area contributed by atoms with Gasteiger partial charge in [0.15, 0.2) is 0 Å². The number of urea groups is 1. The van der Waals surface area contributed by atoms with Crippen molar-refractivity contribution < 1.29 is 15.0 Å². The number of para-hydroxylation sites is 1. The zero-order chi connectivity index (χ0) is 26.0. The summed E-state index contributed by atoms with van der Waals surface area (Å²) in [5.74, 6) is 0.493. The minimum Gasteiger partial charge on any atom is -0.398 e. The van der Waals surface area contributed by atoms with Gasteiger partial charge in [-0.25, -0.2) is 4.79 Å². The number of hydrogen-bond acceptors (Lipinski definition) is 6. The molecule has 0 unspecified atom stereocenters. The van der Waals surface area contributed by atoms with Crippen molar-refractivity contribution in [1.82, 2.24) is 15.5 Å². The molecule has 1 saturated heterocycles. The summed E-state index contributed by atoms with van der Waals surface area (Å²) in [5, 5.41) is 35.7. The van der Waals surface area contributed by atoms with Crippen molar-refractivity contribution in [2.45, 2.75) is 82.3 Å². The van der Waals surface area contributed by atoms with E-state index in [1.807, 2.05) is 24.1 Å². The summed E-state index contributed by atoms with van der Waals surface area (Å²) in [6, 6.07) is 5.47. The molecular formula is C28H47N5O3. The van der Waals surface area contributed by atoms with E-state index in [4.69, 9.17) is 11.1 Å². The van der Waals surface area contributed by atoms with E-state index >= 15 is 0 Å². The molecule has 202 valence electrons. The Kier molecular flexibility index (Phi) is 11.0. The van der Waals surface area contributed by atoms with Gasteiger partial charge in [0.25, 0.3) is 0 Å². The number of nitrogen functional groups attached to an aromatic ring is 1. The van der Waals surface area contributed by atoms with Gasteiger partial charge >= 0.3 is 6.03 Å². The fraction of sp³-hybridized carbons (Fsp3) is 0.714. The lowest BCUT2D eigenvalue weighted by atomic mass is 9.73. The van der Waals surface area contributed by atoms with Gasteiger partial charge in [0, 0.05) is 61.2 Å². The molecule has 1 aliphatic heterocycles. The van der Waals surface area contributed by atoms with Gasteiger partial charge in [0.2, 0.25) is 0 Å². The maximum Gasteiger partial charge on any atom is 0.317 e. The van der Waals surface area contributed by atoms with Gasteiger partial charge in [-0.3, -0.25) is 0 Å². The summed E-state index contributed by atoms with van der Waals surface area (Å²) in [4.78, 5) is 15.2. The number of anilines is 1. The van der Waals surface area contributed by atoms with Crippen LogP contribution in [0.5, 0.6) is 0 Å². The third-order valence-corrected chi connectivity index (χ3v) is 8.23. The highest BCUT2D eigenvalue weighted by Gasteiger charge is 2.42. The summed E-state index contributed by atoms with van der Waals surface area (Å²) >= 11 is 0. The molecule has 1 aliphatic carbocycles. The van der Waals surface area contributed by atoms with Crippen molar-refractivity contribution in [3.8, 4) is 0 Å². The molecule has 0 spiro atoms. The first-order valence-electron chi connectivity index (χ1n) is 13.9. The zero-order valence-electron chi connectivity index (χ0n) is 22.0. The van der Waals surface area contributed by atoms with Crippen LogP contribution >= 0.6 is 0 Å². The second-order valence-electron chi connectivity index (χ2n) is 10.8. The Hall–Kier alpha value is -2.16. The summed E-state index contributed by atoms with van der Waals surface area (Å²) < 4.78 is 0. The number of hydrogen-bond donors (Lipinski definition) is 6. The lowest BCUT2D eigenvalue weighted by molar-refractivity contribution is -0.0555. The number of likely N-dealkylation sites (tertiary alicyclic amines) is 1. The molecule has 3 rings (SSSR count). The first-order chi connectivity index (χ1) is 17.4. The standard InChI is InChI=1S/C28H47N5O3/c1-31-19-24(17-21-9-3-2-4-10-21)32-27(35)33-15-8-12-23(20-33)28(36,14-5-6-16-34)25-13-7-11-22(18-29)26(25)30/h7,11,13,18,21,23-24,29,31,34,36H,2-6,8-10,12,14-17,19-20,30H2,1H3,(H,32,35)/t23-,24+,28+/m1/s1. The van der Waals surface area contributed by atoms with Gasteiger partial charge in [-0.15, -0.1) is 0 Å². The third kappa shape index (κ3) is 7.20. The molecule has 1 aromatic carbocycles. The maximum atomic E-state index is 13.4. The number of piperidine rings is 1. The molecule has 2 amide bonds. The van der Waals surface area contributed by atoms with Gasteiger partial charge in [-0.05, 0) is 51.5 Å². The Morgan fingerprint density at radius 3 is 2.72 bits per heavy atom. The lowest BCUT2D eigenvalue weighted by Crippen LogP contribution is -2.54. The average Bonchev–Trinajstić information content (AvgIpc) is 2.89. The topological polar surface area (TPSA) is 135 Å². The average molecular weight is 502 g/mol. The van der Waals surface area contributed by atoms with E-state index in [0.717, 1.165) is 25.8 Å². The Labute approximate surface area is 216 Å². The Bertz CT molecular complexity index is 844. The second-order valence-corrected chi connectivity index (χ2v) is 10.8. The highest BCUT2D eigenvalue weighted by molar-refractivity contribution is 5.86. The van der Waals surface area contributed by atoms with Crippen LogP contribution in [0.25, 0.3) is 0 Å². The fourth-order valence-electron chi connectivity index (χ4n) is 6.23. The summed E-state index contributed by atoms with van der Waals surface area (Å²) in [6.45, 7) is 1.93. The van der Waals surface area contributed by atoms with Crippen LogP contribution in [0.2, 0.25) is 0 Å². The molecule has 1 saturated carbocycles. The van der Waals surface area contributed by atoms with Crippen LogP contribution in [-0.2, 0) is 5.60 Å². The van der Waals surface area contributed by atoms with E-state index in [2.05, 4.69) is 10.6 Å². The zero-order valence-corrected chi connectivity index (χ0v) is 22.0. The molecule has 0 bridgehead atoms. The number of aliphatic hydroxyl groups is 2. The molecule has 2 fully saturated rings. The predicted molar refractivity (Wildman–Crippen MR) is 145 cm³/mol. The molecule has 36 heavy (non-hydrogen) atoms. The van der Waals surface area contributed by atoms with E-state index in [0.29, 0.717) is 55.1 Å². The van der Waals surface area contributed by atoms with Crippen molar-refractivity contribution in [3.05, 3.63) is 29.3 Å². The number of likely N-dealkylation sites (N-methyl/N-ethyl adjacent to an activating group) is 1. The minimum atomic E-state index is -1.23. The number of aliphatic hydroxyl groups excluding tert-OH is 1. The third-order valence-electron chi connectivity index (χ3n) is 8.23. The van der Waals surface area contributed by atoms with Crippen molar-refractivity contribution in [2.24, 2.45) is 11.8 Å². The van der Waals surface area contributed by atoms with Crippen LogP contribution in [0.4, 0.5) is 10.5 Å². The van der Waals surface area contributed by atoms with Crippen LogP contribution in [0.1, 0.15) is 81.8 Å². The fourth-order valence-corrected chi connectivity index (χ4v) is 6.23. The number of nitrogens with one attached hydrogen (secondary N) is 3. The van der Waals surface area contributed by atoms with Crippen LogP contribution in [0.3, 0.4) is 0 Å². The number of nitrogens with zero attached hydrogens (tertiary/aromatic N) is 1. The monoisotopic (exact) mass is 501 g/mol. The van der Waals surface area contributed by atoms with Crippen molar-refractivity contribution in [3.63, 3.8) is 0 Å². The predicted octanol–water partition coefficient (Wildman–Crippen LogP) is 3.60. The molecule has 2 aliphatic rings. The Morgan fingerprint density at radius 1 is 1.25 bits per heavy atom. The first-order valence-corrected chi connectivity index (χ1v) is 13.9. The number of unbranched alkanes of at least 4 members (excludes halogenated alkanes) is 1. The van der Waals surface area contributed by atoms with E-state index in [-0.39, 0.29) is 24.6 Å². The van der Waals surface area contributed by atoms with Gasteiger partial charge in [0.1, 0.15) is 0 Å². The van der Waals surface area contributed by atoms with Crippen LogP contribution in [-0.4, -0.2) is 66.7 Å². The van der Waals surface area contributed by atoms with E-state index < -0.39 is 5.60 Å². The minimum absolute atomic E-state index is 0.0605. The number of nitrogens with two attached hydrogens (primary N) is 1. The first kappa shape index (κ1) is 28.4. The van der Waals surface area contributed by atoms with E-state index in [1.54, 1.807) is 6.07 Å². The molecule has 8 heteroatoms. The molecular weight excluding hydrogens is 454 g/mol. The maximum absolute atomic E-state index is 13.4. The molecule has 0 radical (unpaired) electrons. The van der Waals surface area contributed by atoms with Crippen molar-refractivity contribution in [2.75, 3.05) is 39.0 Å². The SMILES string of the molecule is CNC[C@H](CC1CCCCC1)NC(=O)N1CCC[C@@H]([C@@](O)(CCCCO)c2cccc(C=N)c2N)C1. The molecule has 0 aromatic heterocycles. The summed E-state index contributed by atoms with van der Waals surface area (Å²) in [6.07, 6.45) is 11.9. The highest BCUT2D eigenvalue weighted by Crippen LogP contribution is 2.42. The van der Waals surface area contributed by atoms with E-state index in [9.17, 15) is 15.0 Å². The summed E-state index contributed by atoms with van der Waals surface area (Å²) in [7, 11) is 1.93. The van der Waals surface area contributed by atoms with E-state index in [1.165, 1.54) is 38.3 Å². The Morgan fingerprint density at radius 2 is 2.03 bits per heavy atom. The van der Waals surface area contributed by atoms with Crippen LogP contribution in [0.15, 0.2) is 18.2 Å². The highest BCUT2D eigenvalue weighted by atomic mass is 16.3. The van der Waals surface area contributed by atoms with Crippen molar-refractivity contribution >= 4 is 17.9 Å². The van der Waals surface area contributed by atoms with Gasteiger partial charge in [0.05, 0.1) is 5.60 Å². The second kappa shape index (κ2) is 14.0. The van der Waals surface area contributed by atoms with Gasteiger partial charge < -0.3 is 36.9 Å². The van der Waals surface area contributed by atoms with Crippen LogP contribution < -0.4 is 16.4 Å². The molecule has 7 N–H and O–H groups in total. The number of carbonyl (C=O) groups is 1. The molecule has 1 aromatic rings. The molecule has 8 nitrogen and oxygen atoms in total. The number of benzene rings is 1. The van der Waals surface area contributed by atoms with Crippen LogP contribution in [0, 0.1) is 17.2 Å².